The van der Waals surface area contributed by atoms with Crippen LogP contribution in [0.3, 0.4) is 0 Å². The molecule has 3 aromatic rings. The van der Waals surface area contributed by atoms with Crippen LogP contribution in [0.2, 0.25) is 0 Å². The Morgan fingerprint density at radius 3 is 2.61 bits per heavy atom. The Balaban J connectivity index is 2.51. The molecular formula is C12H11BN2O2Se. The molecule has 0 atom stereocenters. The first kappa shape index (κ1) is 11.9. The van der Waals surface area contributed by atoms with Crippen LogP contribution in [0.25, 0.3) is 19.4 Å². The normalized spacial score (nSPS) is 11.3. The van der Waals surface area contributed by atoms with Crippen LogP contribution >= 0.6 is 0 Å². The number of rotatable bonds is 1. The molecule has 0 fully saturated rings. The van der Waals surface area contributed by atoms with Crippen LogP contribution in [0, 0.1) is 13.8 Å². The topological polar surface area (TPSA) is 66.2 Å². The van der Waals surface area contributed by atoms with Crippen molar-refractivity contribution in [1.82, 2.24) is 9.97 Å². The third-order valence-corrected chi connectivity index (χ3v) is 5.77. The Labute approximate surface area is 110 Å². The van der Waals surface area contributed by atoms with Crippen molar-refractivity contribution in [3.05, 3.63) is 29.7 Å². The fourth-order valence-corrected chi connectivity index (χ4v) is 4.72. The first-order chi connectivity index (χ1) is 8.58. The van der Waals surface area contributed by atoms with E-state index in [0.29, 0.717) is 5.46 Å². The number of benzene rings is 1. The predicted molar refractivity (Wildman–Crippen MR) is 73.3 cm³/mol. The van der Waals surface area contributed by atoms with E-state index in [4.69, 9.17) is 0 Å². The summed E-state index contributed by atoms with van der Waals surface area (Å²) in [6, 6.07) is 5.58. The second-order valence-corrected chi connectivity index (χ2v) is 6.37. The maximum atomic E-state index is 9.42. The van der Waals surface area contributed by atoms with E-state index in [9.17, 15) is 10.0 Å². The van der Waals surface area contributed by atoms with Gasteiger partial charge >= 0.3 is 110 Å². The molecule has 2 heterocycles. The van der Waals surface area contributed by atoms with E-state index in [-0.39, 0.29) is 14.5 Å². The van der Waals surface area contributed by atoms with Gasteiger partial charge in [0.05, 0.1) is 0 Å². The van der Waals surface area contributed by atoms with Gasteiger partial charge in [-0.25, -0.2) is 0 Å². The van der Waals surface area contributed by atoms with Crippen molar-refractivity contribution in [2.45, 2.75) is 13.8 Å². The molecule has 4 nitrogen and oxygen atoms in total. The van der Waals surface area contributed by atoms with E-state index in [1.165, 1.54) is 0 Å². The number of aryl methyl sites for hydroxylation is 2. The molecule has 0 aliphatic rings. The average molecular weight is 305 g/mol. The predicted octanol–water partition coefficient (Wildman–Crippen LogP) is 0.137. The van der Waals surface area contributed by atoms with E-state index in [1.807, 2.05) is 26.0 Å². The summed E-state index contributed by atoms with van der Waals surface area (Å²) in [6.07, 6.45) is 0. The molecule has 2 N–H and O–H groups in total. The number of aromatic nitrogens is 2. The van der Waals surface area contributed by atoms with Crippen molar-refractivity contribution in [2.24, 2.45) is 0 Å². The zero-order valence-electron chi connectivity index (χ0n) is 10.0. The molecule has 0 amide bonds. The first-order valence-corrected chi connectivity index (χ1v) is 7.31. The molecular weight excluding hydrogens is 294 g/mol. The molecule has 0 unspecified atom stereocenters. The minimum absolute atomic E-state index is 0.0444. The van der Waals surface area contributed by atoms with Crippen LogP contribution in [0.5, 0.6) is 0 Å². The average Bonchev–Trinajstić information content (AvgIpc) is 2.68. The molecule has 90 valence electrons. The van der Waals surface area contributed by atoms with Crippen molar-refractivity contribution in [3.63, 3.8) is 0 Å². The fraction of sp³-hybridized carbons (Fsp3) is 0.167. The fourth-order valence-electron chi connectivity index (χ4n) is 2.17. The van der Waals surface area contributed by atoms with Crippen molar-refractivity contribution in [2.75, 3.05) is 0 Å². The number of fused-ring (bicyclic) bond motifs is 3. The summed E-state index contributed by atoms with van der Waals surface area (Å²) < 4.78 is 2.16. The summed E-state index contributed by atoms with van der Waals surface area (Å²) in [5.74, 6) is 0.754. The summed E-state index contributed by atoms with van der Waals surface area (Å²) in [4.78, 5) is 8.88. The Bertz CT molecular complexity index is 754. The molecule has 0 spiro atoms. The molecule has 0 saturated carbocycles. The van der Waals surface area contributed by atoms with Crippen LogP contribution < -0.4 is 5.46 Å². The Morgan fingerprint density at radius 1 is 1.11 bits per heavy atom. The SMILES string of the molecule is Cc1nc(C)c2[se]c3c(B(O)O)cccc3c2n1. The van der Waals surface area contributed by atoms with E-state index < -0.39 is 7.12 Å². The summed E-state index contributed by atoms with van der Waals surface area (Å²) in [5, 5.41) is 19.9. The van der Waals surface area contributed by atoms with Crippen molar-refractivity contribution in [3.8, 4) is 0 Å². The molecule has 3 rings (SSSR count). The van der Waals surface area contributed by atoms with Gasteiger partial charge in [0.2, 0.25) is 0 Å². The zero-order valence-corrected chi connectivity index (χ0v) is 11.7. The van der Waals surface area contributed by atoms with Gasteiger partial charge in [0.25, 0.3) is 0 Å². The molecule has 0 aliphatic carbocycles. The van der Waals surface area contributed by atoms with Gasteiger partial charge in [-0.05, 0) is 0 Å². The van der Waals surface area contributed by atoms with Gasteiger partial charge in [0.1, 0.15) is 0 Å². The molecule has 0 saturated heterocycles. The molecule has 0 aliphatic heterocycles. The maximum absolute atomic E-state index is 9.42. The van der Waals surface area contributed by atoms with Crippen molar-refractivity contribution < 1.29 is 10.0 Å². The first-order valence-electron chi connectivity index (χ1n) is 5.60. The van der Waals surface area contributed by atoms with Gasteiger partial charge in [0.15, 0.2) is 0 Å². The van der Waals surface area contributed by atoms with Crippen LogP contribution in [0.1, 0.15) is 11.5 Å². The van der Waals surface area contributed by atoms with Crippen LogP contribution in [0.15, 0.2) is 18.2 Å². The van der Waals surface area contributed by atoms with Crippen LogP contribution in [-0.4, -0.2) is 41.6 Å². The van der Waals surface area contributed by atoms with Gasteiger partial charge in [-0.3, -0.25) is 0 Å². The Kier molecular flexibility index (Phi) is 2.75. The molecule has 1 aromatic carbocycles. The van der Waals surface area contributed by atoms with Gasteiger partial charge < -0.3 is 0 Å². The zero-order chi connectivity index (χ0) is 12.9. The van der Waals surface area contributed by atoms with E-state index in [2.05, 4.69) is 9.97 Å². The molecule has 0 bridgehead atoms. The van der Waals surface area contributed by atoms with Crippen molar-refractivity contribution in [1.29, 1.82) is 0 Å². The standard InChI is InChI=1S/C12H11BN2O2Se/c1-6-11-10(15-7(2)14-6)8-4-3-5-9(13(16)17)12(8)18-11/h3-5,16-17H,1-2H3. The quantitative estimate of drug-likeness (QED) is 0.628. The summed E-state index contributed by atoms with van der Waals surface area (Å²) in [7, 11) is -1.43. The second-order valence-electron chi connectivity index (χ2n) is 4.23. The van der Waals surface area contributed by atoms with Gasteiger partial charge in [-0.2, -0.15) is 0 Å². The molecule has 0 radical (unpaired) electrons. The van der Waals surface area contributed by atoms with E-state index in [0.717, 1.165) is 30.9 Å². The second kappa shape index (κ2) is 4.17. The Hall–Kier alpha value is -1.20. The van der Waals surface area contributed by atoms with E-state index in [1.54, 1.807) is 6.07 Å². The number of hydrogen-bond acceptors (Lipinski definition) is 4. The molecule has 2 aromatic heterocycles. The number of hydrogen-bond donors (Lipinski definition) is 2. The van der Waals surface area contributed by atoms with Gasteiger partial charge in [-0.1, -0.05) is 0 Å². The summed E-state index contributed by atoms with van der Waals surface area (Å²) >= 11 is 0.0444. The van der Waals surface area contributed by atoms with Crippen LogP contribution in [0.4, 0.5) is 0 Å². The van der Waals surface area contributed by atoms with Crippen molar-refractivity contribution >= 4 is 46.5 Å². The number of nitrogens with zero attached hydrogens (tertiary/aromatic N) is 2. The van der Waals surface area contributed by atoms with Crippen LogP contribution in [-0.2, 0) is 0 Å². The third kappa shape index (κ3) is 1.69. The minimum atomic E-state index is -1.43. The summed E-state index contributed by atoms with van der Waals surface area (Å²) in [5.41, 5.74) is 2.53. The third-order valence-electron chi connectivity index (χ3n) is 2.93. The van der Waals surface area contributed by atoms with Gasteiger partial charge in [-0.15, -0.1) is 0 Å². The van der Waals surface area contributed by atoms with Gasteiger partial charge in [0, 0.05) is 0 Å². The molecule has 18 heavy (non-hydrogen) atoms. The monoisotopic (exact) mass is 306 g/mol. The van der Waals surface area contributed by atoms with E-state index >= 15 is 0 Å². The summed E-state index contributed by atoms with van der Waals surface area (Å²) in [6.45, 7) is 3.86. The molecule has 6 heteroatoms. The Morgan fingerprint density at radius 2 is 1.89 bits per heavy atom.